The molecule has 0 saturated heterocycles. The van der Waals surface area contributed by atoms with E-state index in [2.05, 4.69) is 4.72 Å². The molecule has 0 fully saturated rings. The maximum Gasteiger partial charge on any atom is 0.218 e. The molecule has 1 N–H and O–H groups in total. The Kier molecular flexibility index (Phi) is 2.33. The number of hydrogen-bond acceptors (Lipinski definition) is 2. The van der Waals surface area contributed by atoms with E-state index in [4.69, 9.17) is 0 Å². The summed E-state index contributed by atoms with van der Waals surface area (Å²) < 4.78 is 25.7. The van der Waals surface area contributed by atoms with E-state index >= 15 is 0 Å². The van der Waals surface area contributed by atoms with E-state index in [9.17, 15) is 8.42 Å². The summed E-state index contributed by atoms with van der Waals surface area (Å²) >= 11 is 0. The van der Waals surface area contributed by atoms with Crippen LogP contribution in [-0.4, -0.2) is 15.5 Å². The van der Waals surface area contributed by atoms with Crippen LogP contribution in [0.4, 0.5) is 0 Å². The Labute approximate surface area is 84.2 Å². The number of aryl methyl sites for hydroxylation is 1. The summed E-state index contributed by atoms with van der Waals surface area (Å²) in [6.45, 7) is 0. The van der Waals surface area contributed by atoms with Gasteiger partial charge in [-0.1, -0.05) is 24.3 Å². The van der Waals surface area contributed by atoms with Crippen LogP contribution < -0.4 is 4.72 Å². The second-order valence-corrected chi connectivity index (χ2v) is 5.54. The molecule has 0 amide bonds. The van der Waals surface area contributed by atoms with Crippen LogP contribution in [-0.2, 0) is 16.4 Å². The monoisotopic (exact) mass is 211 g/mol. The fraction of sp³-hybridized carbons (Fsp3) is 0.400. The van der Waals surface area contributed by atoms with Gasteiger partial charge in [-0.3, -0.25) is 0 Å². The Balaban J connectivity index is 2.45. The van der Waals surface area contributed by atoms with Crippen LogP contribution >= 0.6 is 0 Å². The molecule has 0 aromatic heterocycles. The normalized spacial score (nSPS) is 20.8. The zero-order valence-corrected chi connectivity index (χ0v) is 8.84. The average molecular weight is 211 g/mol. The highest BCUT2D eigenvalue weighted by Crippen LogP contribution is 2.35. The lowest BCUT2D eigenvalue weighted by Gasteiger charge is -2.11. The zero-order valence-electron chi connectivity index (χ0n) is 8.03. The molecular formula is C10H13NO2S. The highest BCUT2D eigenvalue weighted by Gasteiger charge is 2.31. The van der Waals surface area contributed by atoms with Crippen LogP contribution in [0.3, 0.4) is 0 Å². The van der Waals surface area contributed by atoms with Gasteiger partial charge in [0.1, 0.15) is 5.25 Å². The minimum atomic E-state index is -3.16. The van der Waals surface area contributed by atoms with Gasteiger partial charge in [0.2, 0.25) is 10.0 Å². The molecule has 0 saturated carbocycles. The SMILES string of the molecule is CNS(=O)(=O)C1CCc2ccccc21. The highest BCUT2D eigenvalue weighted by molar-refractivity contribution is 7.89. The smallest absolute Gasteiger partial charge is 0.218 e. The first-order valence-corrected chi connectivity index (χ1v) is 6.20. The number of rotatable bonds is 2. The lowest BCUT2D eigenvalue weighted by Crippen LogP contribution is -2.24. The number of sulfonamides is 1. The van der Waals surface area contributed by atoms with E-state index in [-0.39, 0.29) is 5.25 Å². The summed E-state index contributed by atoms with van der Waals surface area (Å²) in [6, 6.07) is 7.75. The molecule has 1 atom stereocenters. The van der Waals surface area contributed by atoms with E-state index < -0.39 is 10.0 Å². The molecule has 3 nitrogen and oxygen atoms in total. The van der Waals surface area contributed by atoms with Gasteiger partial charge < -0.3 is 0 Å². The van der Waals surface area contributed by atoms with Gasteiger partial charge in [0.25, 0.3) is 0 Å². The van der Waals surface area contributed by atoms with Gasteiger partial charge in [0, 0.05) is 0 Å². The molecule has 76 valence electrons. The summed E-state index contributed by atoms with van der Waals surface area (Å²) in [7, 11) is -1.69. The van der Waals surface area contributed by atoms with E-state index in [1.165, 1.54) is 7.05 Å². The van der Waals surface area contributed by atoms with E-state index in [1.54, 1.807) is 0 Å². The first-order chi connectivity index (χ1) is 6.65. The maximum absolute atomic E-state index is 11.7. The molecule has 14 heavy (non-hydrogen) atoms. The van der Waals surface area contributed by atoms with Crippen molar-refractivity contribution in [2.75, 3.05) is 7.05 Å². The summed E-state index contributed by atoms with van der Waals surface area (Å²) in [6.07, 6.45) is 1.56. The van der Waals surface area contributed by atoms with Crippen LogP contribution in [0.15, 0.2) is 24.3 Å². The van der Waals surface area contributed by atoms with Gasteiger partial charge in [-0.15, -0.1) is 0 Å². The first-order valence-electron chi connectivity index (χ1n) is 4.65. The van der Waals surface area contributed by atoms with Gasteiger partial charge >= 0.3 is 0 Å². The van der Waals surface area contributed by atoms with Crippen LogP contribution in [0.2, 0.25) is 0 Å². The Morgan fingerprint density at radius 2 is 2.07 bits per heavy atom. The number of nitrogens with one attached hydrogen (secondary N) is 1. The van der Waals surface area contributed by atoms with Crippen LogP contribution in [0, 0.1) is 0 Å². The van der Waals surface area contributed by atoms with Crippen molar-refractivity contribution in [2.24, 2.45) is 0 Å². The molecule has 0 radical (unpaired) electrons. The quantitative estimate of drug-likeness (QED) is 0.799. The number of hydrogen-bond donors (Lipinski definition) is 1. The molecule has 1 aromatic carbocycles. The molecule has 1 aliphatic rings. The average Bonchev–Trinajstić information content (AvgIpc) is 2.61. The van der Waals surface area contributed by atoms with Crippen molar-refractivity contribution < 1.29 is 8.42 Å². The van der Waals surface area contributed by atoms with E-state index in [0.29, 0.717) is 6.42 Å². The van der Waals surface area contributed by atoms with Gasteiger partial charge in [0.15, 0.2) is 0 Å². The molecule has 1 aliphatic carbocycles. The maximum atomic E-state index is 11.7. The Morgan fingerprint density at radius 3 is 2.79 bits per heavy atom. The van der Waals surface area contributed by atoms with Gasteiger partial charge in [-0.25, -0.2) is 13.1 Å². The Hall–Kier alpha value is -0.870. The largest absolute Gasteiger partial charge is 0.218 e. The minimum Gasteiger partial charge on any atom is -0.218 e. The molecular weight excluding hydrogens is 198 g/mol. The van der Waals surface area contributed by atoms with E-state index in [1.807, 2.05) is 24.3 Å². The van der Waals surface area contributed by atoms with Gasteiger partial charge in [-0.2, -0.15) is 0 Å². The standard InChI is InChI=1S/C10H13NO2S/c1-11-14(12,13)10-7-6-8-4-2-3-5-9(8)10/h2-5,10-11H,6-7H2,1H3. The molecule has 1 unspecified atom stereocenters. The molecule has 4 heteroatoms. The van der Waals surface area contributed by atoms with Crippen LogP contribution in [0.1, 0.15) is 22.8 Å². The second kappa shape index (κ2) is 3.37. The Bertz CT molecular complexity index is 439. The van der Waals surface area contributed by atoms with Crippen molar-refractivity contribution in [2.45, 2.75) is 18.1 Å². The van der Waals surface area contributed by atoms with Gasteiger partial charge in [-0.05, 0) is 31.0 Å². The summed E-state index contributed by atoms with van der Waals surface area (Å²) in [5, 5.41) is -0.358. The third-order valence-corrected chi connectivity index (χ3v) is 4.54. The molecule has 0 spiro atoms. The topological polar surface area (TPSA) is 46.2 Å². The highest BCUT2D eigenvalue weighted by atomic mass is 32.2. The van der Waals surface area contributed by atoms with Crippen LogP contribution in [0.25, 0.3) is 0 Å². The summed E-state index contributed by atoms with van der Waals surface area (Å²) in [5.41, 5.74) is 2.12. The number of benzene rings is 1. The fourth-order valence-corrected chi connectivity index (χ4v) is 3.26. The Morgan fingerprint density at radius 1 is 1.36 bits per heavy atom. The second-order valence-electron chi connectivity index (χ2n) is 3.48. The van der Waals surface area contributed by atoms with Gasteiger partial charge in [0.05, 0.1) is 0 Å². The third-order valence-electron chi connectivity index (χ3n) is 2.74. The summed E-state index contributed by atoms with van der Waals surface area (Å²) in [4.78, 5) is 0. The molecule has 2 rings (SSSR count). The van der Waals surface area contributed by atoms with Crippen molar-refractivity contribution in [1.29, 1.82) is 0 Å². The van der Waals surface area contributed by atoms with Crippen LogP contribution in [0.5, 0.6) is 0 Å². The predicted octanol–water partition coefficient (Wildman–Crippen LogP) is 1.22. The first kappa shape index (κ1) is 9.68. The molecule has 0 heterocycles. The van der Waals surface area contributed by atoms with Crippen molar-refractivity contribution >= 4 is 10.0 Å². The third kappa shape index (κ3) is 1.44. The zero-order chi connectivity index (χ0) is 10.2. The van der Waals surface area contributed by atoms with Crippen molar-refractivity contribution in [3.63, 3.8) is 0 Å². The van der Waals surface area contributed by atoms with E-state index in [0.717, 1.165) is 17.5 Å². The molecule has 0 aliphatic heterocycles. The number of fused-ring (bicyclic) bond motifs is 1. The van der Waals surface area contributed by atoms with Crippen molar-refractivity contribution in [1.82, 2.24) is 4.72 Å². The molecule has 0 bridgehead atoms. The van der Waals surface area contributed by atoms with Crippen molar-refractivity contribution in [3.05, 3.63) is 35.4 Å². The fourth-order valence-electron chi connectivity index (χ4n) is 1.98. The minimum absolute atomic E-state index is 0.358. The summed E-state index contributed by atoms with van der Waals surface area (Å²) in [5.74, 6) is 0. The van der Waals surface area contributed by atoms with Crippen molar-refractivity contribution in [3.8, 4) is 0 Å². The lowest BCUT2D eigenvalue weighted by atomic mass is 10.1. The lowest BCUT2D eigenvalue weighted by molar-refractivity contribution is 0.572. The molecule has 1 aromatic rings. The predicted molar refractivity (Wildman–Crippen MR) is 55.5 cm³/mol.